The van der Waals surface area contributed by atoms with E-state index in [1.807, 2.05) is 0 Å². The number of rotatable bonds is 8. The number of para-hydroxylation sites is 1. The number of carbonyl (C=O) groups is 5. The predicted octanol–water partition coefficient (Wildman–Crippen LogP) is 0.924. The van der Waals surface area contributed by atoms with Crippen molar-refractivity contribution in [2.45, 2.75) is 65.3 Å². The predicted molar refractivity (Wildman–Crippen MR) is 111 cm³/mol. The van der Waals surface area contributed by atoms with Crippen molar-refractivity contribution in [3.63, 3.8) is 0 Å². The van der Waals surface area contributed by atoms with Gasteiger partial charge in [0.2, 0.25) is 12.2 Å². The third kappa shape index (κ3) is 7.28. The molecule has 1 amide bonds. The molecule has 0 bridgehead atoms. The van der Waals surface area contributed by atoms with Gasteiger partial charge in [0.25, 0.3) is 0 Å². The zero-order valence-corrected chi connectivity index (χ0v) is 19.0. The first-order valence-electron chi connectivity index (χ1n) is 10.2. The summed E-state index contributed by atoms with van der Waals surface area (Å²) in [5.41, 5.74) is 0.255. The molecular formula is C22H27NO10. The number of hydrogen-bond donors (Lipinski definition) is 1. The van der Waals surface area contributed by atoms with Gasteiger partial charge in [-0.15, -0.1) is 0 Å². The molecule has 1 heterocycles. The number of ether oxygens (including phenoxy) is 5. The van der Waals surface area contributed by atoms with Crippen LogP contribution >= 0.6 is 0 Å². The zero-order valence-electron chi connectivity index (χ0n) is 19.0. The Kier molecular flexibility index (Phi) is 8.92. The van der Waals surface area contributed by atoms with Gasteiger partial charge >= 0.3 is 17.9 Å². The Labute approximate surface area is 190 Å². The molecule has 1 fully saturated rings. The molecule has 11 heteroatoms. The lowest BCUT2D eigenvalue weighted by molar-refractivity contribution is -0.257. The molecule has 1 aliphatic heterocycles. The van der Waals surface area contributed by atoms with Crippen molar-refractivity contribution >= 4 is 29.6 Å². The second kappa shape index (κ2) is 11.4. The average molecular weight is 465 g/mol. The molecule has 11 nitrogen and oxygen atoms in total. The number of hydrogen-bond acceptors (Lipinski definition) is 10. The van der Waals surface area contributed by atoms with Gasteiger partial charge in [-0.25, -0.2) is 0 Å². The molecule has 0 aromatic heterocycles. The molecule has 1 saturated heterocycles. The molecule has 1 N–H and O–H groups in total. The molecule has 1 aromatic carbocycles. The van der Waals surface area contributed by atoms with Crippen molar-refractivity contribution in [2.24, 2.45) is 0 Å². The van der Waals surface area contributed by atoms with E-state index in [2.05, 4.69) is 5.32 Å². The van der Waals surface area contributed by atoms with Crippen LogP contribution in [0.1, 0.15) is 45.0 Å². The molecule has 0 saturated carbocycles. The van der Waals surface area contributed by atoms with Gasteiger partial charge in [0.05, 0.1) is 5.56 Å². The van der Waals surface area contributed by atoms with Crippen molar-refractivity contribution < 1.29 is 47.7 Å². The molecule has 5 atom stereocenters. The molecule has 0 radical (unpaired) electrons. The summed E-state index contributed by atoms with van der Waals surface area (Å²) in [5, 5.41) is 2.59. The number of amides is 1. The van der Waals surface area contributed by atoms with Crippen LogP contribution < -0.4 is 10.1 Å². The number of ketones is 1. The highest BCUT2D eigenvalue weighted by Gasteiger charge is 2.52. The standard InChI is InChI=1S/C22H27NO10/c1-11(24)16-8-6-7-9-17(16)32-22-19(23-12(2)25)21(31-15(5)28)20(30-14(4)27)18(33-22)10-29-13(3)26/h6-9,18-22H,10H2,1-5H3,(H,23,25)/t18-,19+,20+,21-,22-/m1/s1. The Morgan fingerprint density at radius 2 is 1.48 bits per heavy atom. The van der Waals surface area contributed by atoms with E-state index >= 15 is 0 Å². The molecular weight excluding hydrogens is 438 g/mol. The normalized spacial score (nSPS) is 24.2. The first-order chi connectivity index (χ1) is 15.5. The van der Waals surface area contributed by atoms with E-state index in [0.717, 1.165) is 13.8 Å². The fraction of sp³-hybridized carbons (Fsp3) is 0.500. The summed E-state index contributed by atoms with van der Waals surface area (Å²) in [6.45, 7) is 5.71. The van der Waals surface area contributed by atoms with Crippen LogP contribution in [-0.2, 0) is 38.1 Å². The highest BCUT2D eigenvalue weighted by atomic mass is 16.7. The molecule has 180 valence electrons. The van der Waals surface area contributed by atoms with Crippen LogP contribution in [-0.4, -0.2) is 66.8 Å². The number of benzene rings is 1. The highest BCUT2D eigenvalue weighted by molar-refractivity contribution is 5.96. The van der Waals surface area contributed by atoms with Gasteiger partial charge in [-0.05, 0) is 19.1 Å². The fourth-order valence-corrected chi connectivity index (χ4v) is 3.38. The smallest absolute Gasteiger partial charge is 0.303 e. The molecule has 33 heavy (non-hydrogen) atoms. The third-order valence-electron chi connectivity index (χ3n) is 4.58. The first-order valence-corrected chi connectivity index (χ1v) is 10.2. The second-order valence-electron chi connectivity index (χ2n) is 7.39. The van der Waals surface area contributed by atoms with E-state index in [1.165, 1.54) is 26.8 Å². The first kappa shape index (κ1) is 25.8. The van der Waals surface area contributed by atoms with Gasteiger partial charge in [-0.2, -0.15) is 0 Å². The average Bonchev–Trinajstić information content (AvgIpc) is 2.70. The molecule has 0 unspecified atom stereocenters. The fourth-order valence-electron chi connectivity index (χ4n) is 3.38. The number of esters is 3. The Morgan fingerprint density at radius 1 is 0.879 bits per heavy atom. The van der Waals surface area contributed by atoms with Crippen LogP contribution in [0.25, 0.3) is 0 Å². The lowest BCUT2D eigenvalue weighted by Crippen LogP contribution is -2.67. The Balaban J connectivity index is 2.51. The van der Waals surface area contributed by atoms with Crippen molar-refractivity contribution in [1.82, 2.24) is 5.32 Å². The van der Waals surface area contributed by atoms with E-state index in [9.17, 15) is 24.0 Å². The Morgan fingerprint density at radius 3 is 2.03 bits per heavy atom. The van der Waals surface area contributed by atoms with Crippen LogP contribution in [0.4, 0.5) is 0 Å². The SMILES string of the molecule is CC(=O)N[C@@H]1[C@H](Oc2ccccc2C(C)=O)O[C@H](COC(C)=O)[C@H](OC(C)=O)[C@@H]1OC(C)=O. The summed E-state index contributed by atoms with van der Waals surface area (Å²) in [6, 6.07) is 5.24. The summed E-state index contributed by atoms with van der Waals surface area (Å²) in [4.78, 5) is 59.0. The number of nitrogens with one attached hydrogen (secondary N) is 1. The van der Waals surface area contributed by atoms with E-state index in [-0.39, 0.29) is 23.7 Å². The minimum Gasteiger partial charge on any atom is -0.463 e. The van der Waals surface area contributed by atoms with Gasteiger partial charge in [-0.1, -0.05) is 12.1 Å². The largest absolute Gasteiger partial charge is 0.463 e. The third-order valence-corrected chi connectivity index (χ3v) is 4.58. The van der Waals surface area contributed by atoms with Crippen molar-refractivity contribution in [3.05, 3.63) is 29.8 Å². The van der Waals surface area contributed by atoms with E-state index < -0.39 is 54.5 Å². The van der Waals surface area contributed by atoms with Crippen LogP contribution in [0.5, 0.6) is 5.75 Å². The second-order valence-corrected chi connectivity index (χ2v) is 7.39. The summed E-state index contributed by atoms with van der Waals surface area (Å²) in [7, 11) is 0. The minimum absolute atomic E-state index is 0.157. The topological polar surface area (TPSA) is 144 Å². The zero-order chi connectivity index (χ0) is 24.7. The van der Waals surface area contributed by atoms with Gasteiger partial charge in [0.1, 0.15) is 24.5 Å². The van der Waals surface area contributed by atoms with Crippen LogP contribution in [0.15, 0.2) is 24.3 Å². The minimum atomic E-state index is -1.30. The quantitative estimate of drug-likeness (QED) is 0.334. The van der Waals surface area contributed by atoms with Crippen molar-refractivity contribution in [2.75, 3.05) is 6.61 Å². The van der Waals surface area contributed by atoms with Crippen molar-refractivity contribution in [3.8, 4) is 5.75 Å². The van der Waals surface area contributed by atoms with Crippen molar-refractivity contribution in [1.29, 1.82) is 0 Å². The molecule has 2 rings (SSSR count). The summed E-state index contributed by atoms with van der Waals surface area (Å²) in [5.74, 6) is -2.67. The maximum atomic E-state index is 12.0. The van der Waals surface area contributed by atoms with Gasteiger partial charge in [0, 0.05) is 27.7 Å². The van der Waals surface area contributed by atoms with Crippen LogP contribution in [0.2, 0.25) is 0 Å². The maximum Gasteiger partial charge on any atom is 0.303 e. The summed E-state index contributed by atoms with van der Waals surface area (Å²) in [6.07, 6.45) is -4.89. The maximum absolute atomic E-state index is 12.0. The van der Waals surface area contributed by atoms with Gasteiger partial charge in [0.15, 0.2) is 18.0 Å². The van der Waals surface area contributed by atoms with E-state index in [0.29, 0.717) is 0 Å². The number of Topliss-reactive ketones (excluding diaryl/α,β-unsaturated/α-hetero) is 1. The molecule has 0 spiro atoms. The lowest BCUT2D eigenvalue weighted by Gasteiger charge is -2.44. The van der Waals surface area contributed by atoms with E-state index in [4.69, 9.17) is 23.7 Å². The van der Waals surface area contributed by atoms with Gasteiger partial charge in [-0.3, -0.25) is 24.0 Å². The van der Waals surface area contributed by atoms with E-state index in [1.54, 1.807) is 18.2 Å². The van der Waals surface area contributed by atoms with Crippen LogP contribution in [0.3, 0.4) is 0 Å². The monoisotopic (exact) mass is 465 g/mol. The summed E-state index contributed by atoms with van der Waals surface area (Å²) >= 11 is 0. The Bertz CT molecular complexity index is 914. The van der Waals surface area contributed by atoms with Gasteiger partial charge < -0.3 is 29.0 Å². The molecule has 0 aliphatic carbocycles. The lowest BCUT2D eigenvalue weighted by atomic mass is 9.96. The highest BCUT2D eigenvalue weighted by Crippen LogP contribution is 2.30. The summed E-state index contributed by atoms with van der Waals surface area (Å²) < 4.78 is 27.6. The molecule has 1 aliphatic rings. The molecule has 1 aromatic rings. The van der Waals surface area contributed by atoms with Crippen LogP contribution in [0, 0.1) is 0 Å². The number of carbonyl (C=O) groups excluding carboxylic acids is 5. The Hall–Kier alpha value is -3.47.